The third kappa shape index (κ3) is 8.63. The van der Waals surface area contributed by atoms with Gasteiger partial charge in [0.2, 0.25) is 10.0 Å². The van der Waals surface area contributed by atoms with E-state index in [9.17, 15) is 23.1 Å². The van der Waals surface area contributed by atoms with Gasteiger partial charge in [-0.1, -0.05) is 60.7 Å². The van der Waals surface area contributed by atoms with E-state index in [-0.39, 0.29) is 22.9 Å². The van der Waals surface area contributed by atoms with Gasteiger partial charge in [0, 0.05) is 30.8 Å². The monoisotopic (exact) mass is 578 g/mol. The van der Waals surface area contributed by atoms with E-state index in [1.807, 2.05) is 67.6 Å². The Labute approximate surface area is 242 Å². The number of nitrogens with one attached hydrogen (secondary N) is 3. The first kappa shape index (κ1) is 30.2. The topological polar surface area (TPSA) is 128 Å². The van der Waals surface area contributed by atoms with Crippen molar-refractivity contribution in [3.63, 3.8) is 0 Å². The molecule has 4 N–H and O–H groups in total. The second kappa shape index (κ2) is 13.3. The minimum absolute atomic E-state index is 0.107. The van der Waals surface area contributed by atoms with Gasteiger partial charge in [-0.2, -0.15) is 0 Å². The average molecular weight is 579 g/mol. The smallest absolute Gasteiger partial charge is 0.251 e. The fraction of sp³-hybridized carbons (Fsp3) is 0.355. The van der Waals surface area contributed by atoms with Crippen LogP contribution < -0.4 is 20.3 Å². The molecule has 1 aliphatic rings. The minimum Gasteiger partial charge on any atom is -0.390 e. The molecule has 0 radical (unpaired) electrons. The van der Waals surface area contributed by atoms with Gasteiger partial charge in [-0.05, 0) is 55.5 Å². The lowest BCUT2D eigenvalue weighted by atomic mass is 10.00. The number of benzene rings is 3. The van der Waals surface area contributed by atoms with Crippen LogP contribution in [0.2, 0.25) is 0 Å². The van der Waals surface area contributed by atoms with Crippen molar-refractivity contribution in [3.05, 3.63) is 101 Å². The summed E-state index contributed by atoms with van der Waals surface area (Å²) in [5.41, 5.74) is 2.27. The van der Waals surface area contributed by atoms with E-state index in [4.69, 9.17) is 0 Å². The molecular weight excluding hydrogens is 540 g/mol. The van der Waals surface area contributed by atoms with Crippen LogP contribution in [0.15, 0.2) is 78.9 Å². The third-order valence-corrected chi connectivity index (χ3v) is 8.43. The number of nitrogens with zero attached hydrogens (tertiary/aromatic N) is 1. The SMILES string of the molecule is CC(NC(=O)c1cc(C(=O)NC(Cc2ccccc2)C(O)CNC2CC2)cc(N(C)S(C)(=O)=O)c1)c1ccccc1. The molecule has 3 aromatic rings. The average Bonchev–Trinajstić information content (AvgIpc) is 3.80. The molecule has 1 saturated carbocycles. The summed E-state index contributed by atoms with van der Waals surface area (Å²) >= 11 is 0. The van der Waals surface area contributed by atoms with E-state index in [0.29, 0.717) is 19.0 Å². The first-order valence-electron chi connectivity index (χ1n) is 13.7. The van der Waals surface area contributed by atoms with Crippen LogP contribution in [0.1, 0.15) is 57.7 Å². The Kier molecular flexibility index (Phi) is 9.80. The van der Waals surface area contributed by atoms with Crippen LogP contribution in [0.3, 0.4) is 0 Å². The second-order valence-corrected chi connectivity index (χ2v) is 12.6. The van der Waals surface area contributed by atoms with Crippen molar-refractivity contribution in [3.8, 4) is 0 Å². The Morgan fingerprint density at radius 2 is 1.49 bits per heavy atom. The summed E-state index contributed by atoms with van der Waals surface area (Å²) in [6.07, 6.45) is 2.71. The largest absolute Gasteiger partial charge is 0.390 e. The molecule has 0 aliphatic heterocycles. The van der Waals surface area contributed by atoms with Gasteiger partial charge in [-0.3, -0.25) is 13.9 Å². The number of carbonyl (C=O) groups is 2. The number of hydrogen-bond acceptors (Lipinski definition) is 6. The van der Waals surface area contributed by atoms with Crippen molar-refractivity contribution >= 4 is 27.5 Å². The summed E-state index contributed by atoms with van der Waals surface area (Å²) in [6, 6.07) is 22.8. The van der Waals surface area contributed by atoms with Gasteiger partial charge < -0.3 is 21.1 Å². The molecule has 0 spiro atoms. The molecule has 0 heterocycles. The number of amides is 2. The van der Waals surface area contributed by atoms with Crippen LogP contribution in [0, 0.1) is 0 Å². The zero-order valence-electron chi connectivity index (χ0n) is 23.6. The van der Waals surface area contributed by atoms with Crippen molar-refractivity contribution in [2.45, 2.75) is 50.4 Å². The molecule has 10 heteroatoms. The van der Waals surface area contributed by atoms with Crippen molar-refractivity contribution in [2.24, 2.45) is 0 Å². The number of carbonyl (C=O) groups excluding carboxylic acids is 2. The summed E-state index contributed by atoms with van der Waals surface area (Å²) in [7, 11) is -2.30. The molecule has 2 amide bonds. The zero-order valence-corrected chi connectivity index (χ0v) is 24.4. The maximum atomic E-state index is 13.6. The highest BCUT2D eigenvalue weighted by atomic mass is 32.2. The summed E-state index contributed by atoms with van der Waals surface area (Å²) in [5, 5.41) is 20.2. The van der Waals surface area contributed by atoms with E-state index in [1.165, 1.54) is 25.2 Å². The van der Waals surface area contributed by atoms with Gasteiger partial charge in [0.25, 0.3) is 11.8 Å². The van der Waals surface area contributed by atoms with Crippen molar-refractivity contribution in [2.75, 3.05) is 24.2 Å². The Bertz CT molecular complexity index is 1450. The lowest BCUT2D eigenvalue weighted by molar-refractivity contribution is 0.0830. The highest BCUT2D eigenvalue weighted by Crippen LogP contribution is 2.23. The minimum atomic E-state index is -3.67. The van der Waals surface area contributed by atoms with Gasteiger partial charge >= 0.3 is 0 Å². The van der Waals surface area contributed by atoms with Crippen LogP contribution in [0.25, 0.3) is 0 Å². The predicted octanol–water partition coefficient (Wildman–Crippen LogP) is 3.03. The van der Waals surface area contributed by atoms with E-state index >= 15 is 0 Å². The van der Waals surface area contributed by atoms with E-state index in [2.05, 4.69) is 16.0 Å². The number of rotatable bonds is 13. The molecule has 3 aromatic carbocycles. The summed E-state index contributed by atoms with van der Waals surface area (Å²) in [6.45, 7) is 2.17. The lowest BCUT2D eigenvalue weighted by Crippen LogP contribution is -2.49. The molecule has 4 rings (SSSR count). The highest BCUT2D eigenvalue weighted by Gasteiger charge is 2.27. The number of anilines is 1. The third-order valence-electron chi connectivity index (χ3n) is 7.22. The van der Waals surface area contributed by atoms with Gasteiger partial charge in [0.1, 0.15) is 0 Å². The molecule has 3 unspecified atom stereocenters. The molecule has 0 bridgehead atoms. The van der Waals surface area contributed by atoms with E-state index in [1.54, 1.807) is 0 Å². The Hall–Kier alpha value is -3.73. The van der Waals surface area contributed by atoms with Crippen LogP contribution >= 0.6 is 0 Å². The summed E-state index contributed by atoms with van der Waals surface area (Å²) in [4.78, 5) is 26.9. The molecule has 3 atom stereocenters. The maximum absolute atomic E-state index is 13.6. The van der Waals surface area contributed by atoms with Crippen LogP contribution in [0.4, 0.5) is 5.69 Å². The first-order valence-corrected chi connectivity index (χ1v) is 15.6. The molecule has 0 aromatic heterocycles. The Morgan fingerprint density at radius 1 is 0.927 bits per heavy atom. The van der Waals surface area contributed by atoms with Crippen molar-refractivity contribution in [1.29, 1.82) is 0 Å². The summed E-state index contributed by atoms with van der Waals surface area (Å²) in [5.74, 6) is -0.973. The summed E-state index contributed by atoms with van der Waals surface area (Å²) < 4.78 is 25.7. The van der Waals surface area contributed by atoms with E-state index in [0.717, 1.165) is 34.5 Å². The maximum Gasteiger partial charge on any atom is 0.251 e. The van der Waals surface area contributed by atoms with Crippen LogP contribution in [-0.4, -0.2) is 63.4 Å². The number of aliphatic hydroxyl groups is 1. The molecule has 1 aliphatic carbocycles. The fourth-order valence-corrected chi connectivity index (χ4v) is 4.96. The van der Waals surface area contributed by atoms with Crippen molar-refractivity contribution < 1.29 is 23.1 Å². The van der Waals surface area contributed by atoms with Crippen LogP contribution in [0.5, 0.6) is 0 Å². The quantitative estimate of drug-likeness (QED) is 0.247. The van der Waals surface area contributed by atoms with Gasteiger partial charge in [-0.25, -0.2) is 8.42 Å². The predicted molar refractivity (Wildman–Crippen MR) is 160 cm³/mol. The van der Waals surface area contributed by atoms with Crippen molar-refractivity contribution in [1.82, 2.24) is 16.0 Å². The lowest BCUT2D eigenvalue weighted by Gasteiger charge is -2.25. The van der Waals surface area contributed by atoms with Gasteiger partial charge in [0.15, 0.2) is 0 Å². The van der Waals surface area contributed by atoms with E-state index < -0.39 is 34.0 Å². The molecule has 41 heavy (non-hydrogen) atoms. The van der Waals surface area contributed by atoms with Crippen LogP contribution in [-0.2, 0) is 16.4 Å². The van der Waals surface area contributed by atoms with Gasteiger partial charge in [-0.15, -0.1) is 0 Å². The number of hydrogen-bond donors (Lipinski definition) is 4. The standard InChI is InChI=1S/C31H38N4O5S/c1-21(23-12-8-5-9-13-23)33-30(37)24-17-25(19-27(18-24)35(2)41(3,39)40)31(38)34-28(16-22-10-6-4-7-11-22)29(36)20-32-26-14-15-26/h4-13,17-19,21,26,28-29,32,36H,14-16,20H2,1-3H3,(H,33,37)(H,34,38). The number of aliphatic hydroxyl groups excluding tert-OH is 1. The normalized spacial score (nSPS) is 15.4. The highest BCUT2D eigenvalue weighted by molar-refractivity contribution is 7.92. The molecular formula is C31H38N4O5S. The fourth-order valence-electron chi connectivity index (χ4n) is 4.47. The van der Waals surface area contributed by atoms with Gasteiger partial charge in [0.05, 0.1) is 30.1 Å². The Balaban J connectivity index is 1.61. The molecule has 218 valence electrons. The zero-order chi connectivity index (χ0) is 29.6. The molecule has 1 fully saturated rings. The first-order chi connectivity index (χ1) is 19.5. The second-order valence-electron chi connectivity index (χ2n) is 10.6. The molecule has 9 nitrogen and oxygen atoms in total. The molecule has 0 saturated heterocycles. The number of sulfonamides is 1. The Morgan fingerprint density at radius 3 is 2.05 bits per heavy atom.